The van der Waals surface area contributed by atoms with Crippen LogP contribution in [0.2, 0.25) is 0 Å². The van der Waals surface area contributed by atoms with Gasteiger partial charge in [-0.2, -0.15) is 0 Å². The molecule has 0 unspecified atom stereocenters. The molecule has 0 saturated heterocycles. The maximum absolute atomic E-state index is 13.2. The molecule has 4 rings (SSSR count). The number of amides is 1. The number of rotatable bonds is 6. The molecule has 1 aromatic heterocycles. The minimum Gasteiger partial charge on any atom is -0.497 e. The molecule has 158 valence electrons. The van der Waals surface area contributed by atoms with Gasteiger partial charge in [0.2, 0.25) is 0 Å². The van der Waals surface area contributed by atoms with Crippen LogP contribution in [0.25, 0.3) is 10.9 Å². The van der Waals surface area contributed by atoms with Crippen LogP contribution in [0.4, 0.5) is 4.39 Å². The van der Waals surface area contributed by atoms with Crippen LogP contribution in [0.15, 0.2) is 66.7 Å². The topological polar surface area (TPSA) is 43.3 Å². The van der Waals surface area contributed by atoms with E-state index in [0.717, 1.165) is 39.0 Å². The smallest absolute Gasteiger partial charge is 0.251 e. The van der Waals surface area contributed by atoms with Gasteiger partial charge >= 0.3 is 0 Å². The molecule has 0 radical (unpaired) electrons. The van der Waals surface area contributed by atoms with E-state index in [2.05, 4.69) is 23.7 Å². The van der Waals surface area contributed by atoms with E-state index >= 15 is 0 Å². The van der Waals surface area contributed by atoms with Gasteiger partial charge in [-0.3, -0.25) is 4.79 Å². The zero-order valence-electron chi connectivity index (χ0n) is 17.9. The molecule has 0 aliphatic carbocycles. The van der Waals surface area contributed by atoms with Crippen LogP contribution in [0.1, 0.15) is 32.7 Å². The average molecular weight is 416 g/mol. The second-order valence-corrected chi connectivity index (χ2v) is 7.69. The first-order chi connectivity index (χ1) is 15.0. The monoisotopic (exact) mass is 416 g/mol. The standard InChI is InChI=1S/C26H25FN2O2/c1-17-18(2)29(16-20-4-9-22(27)10-5-20)25-13-8-21(14-24(17)25)26(30)28-15-19-6-11-23(31-3)12-7-19/h4-14H,15-16H2,1-3H3,(H,28,30). The summed E-state index contributed by atoms with van der Waals surface area (Å²) in [6.45, 7) is 5.24. The zero-order valence-corrected chi connectivity index (χ0v) is 17.9. The van der Waals surface area contributed by atoms with Gasteiger partial charge in [0.15, 0.2) is 0 Å². The van der Waals surface area contributed by atoms with Crippen LogP contribution in [-0.2, 0) is 13.1 Å². The van der Waals surface area contributed by atoms with E-state index < -0.39 is 0 Å². The first-order valence-electron chi connectivity index (χ1n) is 10.2. The molecule has 0 saturated carbocycles. The normalized spacial score (nSPS) is 11.0. The predicted octanol–water partition coefficient (Wildman–Crippen LogP) is 5.38. The Morgan fingerprint density at radius 2 is 1.65 bits per heavy atom. The quantitative estimate of drug-likeness (QED) is 0.458. The number of aryl methyl sites for hydroxylation is 1. The number of benzene rings is 3. The first-order valence-corrected chi connectivity index (χ1v) is 10.2. The molecule has 1 N–H and O–H groups in total. The molecule has 0 aliphatic heterocycles. The Labute approximate surface area is 181 Å². The minimum atomic E-state index is -0.237. The lowest BCUT2D eigenvalue weighted by molar-refractivity contribution is 0.0951. The van der Waals surface area contributed by atoms with E-state index in [-0.39, 0.29) is 11.7 Å². The van der Waals surface area contributed by atoms with Crippen molar-refractivity contribution in [3.05, 3.63) is 100 Å². The number of halogens is 1. The molecule has 4 aromatic rings. The summed E-state index contributed by atoms with van der Waals surface area (Å²) in [5, 5.41) is 4.03. The second kappa shape index (κ2) is 8.64. The molecule has 0 spiro atoms. The molecule has 0 aliphatic rings. The highest BCUT2D eigenvalue weighted by atomic mass is 19.1. The van der Waals surface area contributed by atoms with Crippen LogP contribution in [0, 0.1) is 19.7 Å². The molecule has 31 heavy (non-hydrogen) atoms. The van der Waals surface area contributed by atoms with Crippen molar-refractivity contribution in [2.24, 2.45) is 0 Å². The Hall–Kier alpha value is -3.60. The third-order valence-electron chi connectivity index (χ3n) is 5.77. The minimum absolute atomic E-state index is 0.110. The van der Waals surface area contributed by atoms with Crippen molar-refractivity contribution in [3.8, 4) is 5.75 Å². The number of methoxy groups -OCH3 is 1. The fourth-order valence-electron chi connectivity index (χ4n) is 3.79. The summed E-state index contributed by atoms with van der Waals surface area (Å²) in [5.74, 6) is 0.442. The summed E-state index contributed by atoms with van der Waals surface area (Å²) in [7, 11) is 1.63. The molecule has 5 heteroatoms. The number of fused-ring (bicyclic) bond motifs is 1. The van der Waals surface area contributed by atoms with Crippen molar-refractivity contribution in [2.45, 2.75) is 26.9 Å². The number of ether oxygens (including phenoxy) is 1. The van der Waals surface area contributed by atoms with Crippen LogP contribution in [0.5, 0.6) is 5.75 Å². The molecule has 1 amide bonds. The summed E-state index contributed by atoms with van der Waals surface area (Å²) in [6.07, 6.45) is 0. The first kappa shape index (κ1) is 20.7. The van der Waals surface area contributed by atoms with E-state index in [1.165, 1.54) is 12.1 Å². The van der Waals surface area contributed by atoms with Gasteiger partial charge in [0, 0.05) is 35.2 Å². The highest BCUT2D eigenvalue weighted by Gasteiger charge is 2.14. The number of carbonyl (C=O) groups excluding carboxylic acids is 1. The Balaban J connectivity index is 1.55. The molecule has 0 atom stereocenters. The van der Waals surface area contributed by atoms with Crippen molar-refractivity contribution in [1.82, 2.24) is 9.88 Å². The number of hydrogen-bond donors (Lipinski definition) is 1. The number of carbonyl (C=O) groups is 1. The van der Waals surface area contributed by atoms with Crippen molar-refractivity contribution < 1.29 is 13.9 Å². The van der Waals surface area contributed by atoms with Crippen LogP contribution in [-0.4, -0.2) is 17.6 Å². The molecule has 1 heterocycles. The van der Waals surface area contributed by atoms with Gasteiger partial charge in [0.1, 0.15) is 11.6 Å². The SMILES string of the molecule is COc1ccc(CNC(=O)c2ccc3c(c2)c(C)c(C)n3Cc2ccc(F)cc2)cc1. The van der Waals surface area contributed by atoms with Gasteiger partial charge in [-0.15, -0.1) is 0 Å². The lowest BCUT2D eigenvalue weighted by atomic mass is 10.1. The van der Waals surface area contributed by atoms with E-state index in [1.807, 2.05) is 42.5 Å². The molecule has 0 fully saturated rings. The zero-order chi connectivity index (χ0) is 22.0. The van der Waals surface area contributed by atoms with Crippen LogP contribution in [0.3, 0.4) is 0 Å². The van der Waals surface area contributed by atoms with Crippen molar-refractivity contribution >= 4 is 16.8 Å². The van der Waals surface area contributed by atoms with Gasteiger partial charge in [-0.1, -0.05) is 24.3 Å². The second-order valence-electron chi connectivity index (χ2n) is 7.69. The summed E-state index contributed by atoms with van der Waals surface area (Å²) in [5.41, 5.74) is 6.00. The number of aromatic nitrogens is 1. The van der Waals surface area contributed by atoms with Gasteiger partial charge in [0.25, 0.3) is 5.91 Å². The molecule has 4 nitrogen and oxygen atoms in total. The number of hydrogen-bond acceptors (Lipinski definition) is 2. The Bertz CT molecular complexity index is 1230. The summed E-state index contributed by atoms with van der Waals surface area (Å²) in [6, 6.07) is 20.0. The average Bonchev–Trinajstić information content (AvgIpc) is 3.03. The fourth-order valence-corrected chi connectivity index (χ4v) is 3.79. The van der Waals surface area contributed by atoms with Gasteiger partial charge in [-0.25, -0.2) is 4.39 Å². The lowest BCUT2D eigenvalue weighted by Crippen LogP contribution is -2.22. The maximum atomic E-state index is 13.2. The van der Waals surface area contributed by atoms with E-state index in [1.54, 1.807) is 19.2 Å². The highest BCUT2D eigenvalue weighted by molar-refractivity contribution is 5.99. The Morgan fingerprint density at radius 1 is 0.968 bits per heavy atom. The fraction of sp³-hybridized carbons (Fsp3) is 0.192. The number of nitrogens with zero attached hydrogens (tertiary/aromatic N) is 1. The largest absolute Gasteiger partial charge is 0.497 e. The van der Waals surface area contributed by atoms with Crippen LogP contribution >= 0.6 is 0 Å². The summed E-state index contributed by atoms with van der Waals surface area (Å²) < 4.78 is 20.6. The Kier molecular flexibility index (Phi) is 5.76. The van der Waals surface area contributed by atoms with Gasteiger partial charge < -0.3 is 14.6 Å². The molecular weight excluding hydrogens is 391 g/mol. The van der Waals surface area contributed by atoms with Crippen LogP contribution < -0.4 is 10.1 Å². The van der Waals surface area contributed by atoms with Crippen molar-refractivity contribution in [1.29, 1.82) is 0 Å². The summed E-state index contributed by atoms with van der Waals surface area (Å²) >= 11 is 0. The summed E-state index contributed by atoms with van der Waals surface area (Å²) in [4.78, 5) is 12.7. The van der Waals surface area contributed by atoms with E-state index in [9.17, 15) is 9.18 Å². The van der Waals surface area contributed by atoms with E-state index in [0.29, 0.717) is 18.7 Å². The highest BCUT2D eigenvalue weighted by Crippen LogP contribution is 2.27. The van der Waals surface area contributed by atoms with E-state index in [4.69, 9.17) is 4.74 Å². The lowest BCUT2D eigenvalue weighted by Gasteiger charge is -2.10. The molecule has 3 aromatic carbocycles. The van der Waals surface area contributed by atoms with Crippen molar-refractivity contribution in [3.63, 3.8) is 0 Å². The molecular formula is C26H25FN2O2. The van der Waals surface area contributed by atoms with Gasteiger partial charge in [-0.05, 0) is 73.0 Å². The maximum Gasteiger partial charge on any atom is 0.251 e. The predicted molar refractivity (Wildman–Crippen MR) is 121 cm³/mol. The van der Waals surface area contributed by atoms with Gasteiger partial charge in [0.05, 0.1) is 7.11 Å². The molecule has 0 bridgehead atoms. The third kappa shape index (κ3) is 4.31. The van der Waals surface area contributed by atoms with Crippen molar-refractivity contribution in [2.75, 3.05) is 7.11 Å². The third-order valence-corrected chi connectivity index (χ3v) is 5.77. The number of nitrogens with one attached hydrogen (secondary N) is 1. The Morgan fingerprint density at radius 3 is 2.32 bits per heavy atom.